The van der Waals surface area contributed by atoms with Crippen molar-refractivity contribution >= 4 is 39.5 Å². The monoisotopic (exact) mass is 516 g/mol. The van der Waals surface area contributed by atoms with Crippen LogP contribution < -0.4 is 10.6 Å². The maximum atomic E-state index is 12.7. The van der Waals surface area contributed by atoms with Gasteiger partial charge in [-0.25, -0.2) is 4.79 Å². The zero-order valence-corrected chi connectivity index (χ0v) is 22.1. The second-order valence-corrected chi connectivity index (χ2v) is 9.76. The lowest BCUT2D eigenvalue weighted by Crippen LogP contribution is -2.53. The van der Waals surface area contributed by atoms with Crippen LogP contribution in [-0.2, 0) is 23.9 Å². The molecule has 0 aromatic carbocycles. The minimum Gasteiger partial charge on any atom is -0.456 e. The van der Waals surface area contributed by atoms with E-state index in [4.69, 9.17) is 4.74 Å². The summed E-state index contributed by atoms with van der Waals surface area (Å²) in [7, 11) is 0. The fourth-order valence-electron chi connectivity index (χ4n) is 3.09. The standard InChI is InChI=1S/C24H41BrN2O5/c1-8-9-12-19(18(5)28)26-22(30)21(16(2)3)27-20(29)13-10-11-14-24(6,7)32-23(31)17(4)15-25/h16,19,21H,4,8-15H2,1-3,5-7H3,(H,26,30)(H,27,29)/t19-,21-/m0/s1. The van der Waals surface area contributed by atoms with E-state index in [-0.39, 0.29) is 29.9 Å². The number of carbonyl (C=O) groups is 4. The van der Waals surface area contributed by atoms with Crippen molar-refractivity contribution in [2.24, 2.45) is 5.92 Å². The van der Waals surface area contributed by atoms with Crippen LogP contribution in [0.2, 0.25) is 0 Å². The van der Waals surface area contributed by atoms with Gasteiger partial charge in [-0.1, -0.05) is 56.1 Å². The summed E-state index contributed by atoms with van der Waals surface area (Å²) in [4.78, 5) is 48.8. The topological polar surface area (TPSA) is 102 Å². The Morgan fingerprint density at radius 1 is 1.06 bits per heavy atom. The van der Waals surface area contributed by atoms with Crippen LogP contribution >= 0.6 is 15.9 Å². The number of alkyl halides is 1. The Kier molecular flexibility index (Phi) is 14.4. The number of ketones is 1. The van der Waals surface area contributed by atoms with E-state index in [1.807, 2.05) is 34.6 Å². The minimum absolute atomic E-state index is 0.0799. The molecule has 2 N–H and O–H groups in total. The average molecular weight is 518 g/mol. The van der Waals surface area contributed by atoms with Gasteiger partial charge >= 0.3 is 5.97 Å². The molecule has 0 heterocycles. The van der Waals surface area contributed by atoms with Gasteiger partial charge in [0.15, 0.2) is 5.78 Å². The van der Waals surface area contributed by atoms with Crippen LogP contribution in [0.1, 0.15) is 86.5 Å². The molecule has 184 valence electrons. The Morgan fingerprint density at radius 3 is 2.19 bits per heavy atom. The average Bonchev–Trinajstić information content (AvgIpc) is 2.70. The molecule has 0 unspecified atom stereocenters. The number of carbonyl (C=O) groups excluding carboxylic acids is 4. The van der Waals surface area contributed by atoms with Crippen molar-refractivity contribution in [2.45, 2.75) is 104 Å². The molecule has 0 aromatic rings. The maximum Gasteiger partial charge on any atom is 0.334 e. The van der Waals surface area contributed by atoms with Gasteiger partial charge in [0.1, 0.15) is 11.6 Å². The highest BCUT2D eigenvalue weighted by Gasteiger charge is 2.28. The molecule has 2 amide bonds. The van der Waals surface area contributed by atoms with Crippen molar-refractivity contribution < 1.29 is 23.9 Å². The molecule has 7 nitrogen and oxygen atoms in total. The smallest absolute Gasteiger partial charge is 0.334 e. The largest absolute Gasteiger partial charge is 0.456 e. The quantitative estimate of drug-likeness (QED) is 0.138. The lowest BCUT2D eigenvalue weighted by atomic mass is 9.99. The third-order valence-corrected chi connectivity index (χ3v) is 5.85. The minimum atomic E-state index is -0.696. The van der Waals surface area contributed by atoms with Crippen molar-refractivity contribution in [2.75, 3.05) is 5.33 Å². The normalized spacial score (nSPS) is 13.2. The van der Waals surface area contributed by atoms with Crippen LogP contribution in [0, 0.1) is 5.92 Å². The number of amides is 2. The molecule has 0 rings (SSSR count). The van der Waals surface area contributed by atoms with Crippen LogP contribution in [0.4, 0.5) is 0 Å². The van der Waals surface area contributed by atoms with Crippen molar-refractivity contribution in [3.63, 3.8) is 0 Å². The molecule has 0 aromatic heterocycles. The summed E-state index contributed by atoms with van der Waals surface area (Å²) in [6.45, 7) is 14.5. The Bertz CT molecular complexity index is 661. The summed E-state index contributed by atoms with van der Waals surface area (Å²) in [6, 6.07) is -1.22. The van der Waals surface area contributed by atoms with E-state index in [2.05, 4.69) is 33.1 Å². The number of ether oxygens (including phenoxy) is 1. The van der Waals surface area contributed by atoms with Crippen LogP contribution in [-0.4, -0.2) is 46.6 Å². The van der Waals surface area contributed by atoms with Gasteiger partial charge in [-0.05, 0) is 52.4 Å². The zero-order chi connectivity index (χ0) is 24.9. The summed E-state index contributed by atoms with van der Waals surface area (Å²) in [5, 5.41) is 5.96. The summed E-state index contributed by atoms with van der Waals surface area (Å²) in [6.07, 6.45) is 4.54. The molecule has 8 heteroatoms. The third-order valence-electron chi connectivity index (χ3n) is 5.17. The molecule has 0 saturated carbocycles. The molecule has 0 aliphatic carbocycles. The van der Waals surface area contributed by atoms with E-state index in [9.17, 15) is 19.2 Å². The van der Waals surface area contributed by atoms with Gasteiger partial charge in [0, 0.05) is 17.3 Å². The first kappa shape index (κ1) is 30.3. The number of hydrogen-bond donors (Lipinski definition) is 2. The first-order valence-electron chi connectivity index (χ1n) is 11.4. The van der Waals surface area contributed by atoms with Gasteiger partial charge in [-0.15, -0.1) is 0 Å². The number of halogens is 1. The summed E-state index contributed by atoms with van der Waals surface area (Å²) in [5.41, 5.74) is -0.295. The summed E-state index contributed by atoms with van der Waals surface area (Å²) < 4.78 is 5.46. The van der Waals surface area contributed by atoms with E-state index < -0.39 is 23.7 Å². The summed E-state index contributed by atoms with van der Waals surface area (Å²) in [5.74, 6) is -1.17. The first-order valence-corrected chi connectivity index (χ1v) is 12.5. The number of Topliss-reactive ketones (excluding diaryl/α,β-unsaturated/α-hetero) is 1. The molecule has 0 aliphatic rings. The Morgan fingerprint density at radius 2 is 1.69 bits per heavy atom. The van der Waals surface area contributed by atoms with E-state index in [0.717, 1.165) is 12.8 Å². The van der Waals surface area contributed by atoms with Crippen molar-refractivity contribution in [3.8, 4) is 0 Å². The number of hydrogen-bond acceptors (Lipinski definition) is 5. The Balaban J connectivity index is 4.63. The number of rotatable bonds is 16. The highest BCUT2D eigenvalue weighted by molar-refractivity contribution is 9.09. The second-order valence-electron chi connectivity index (χ2n) is 9.20. The van der Waals surface area contributed by atoms with Crippen molar-refractivity contribution in [1.29, 1.82) is 0 Å². The molecule has 32 heavy (non-hydrogen) atoms. The van der Waals surface area contributed by atoms with Crippen molar-refractivity contribution in [1.82, 2.24) is 10.6 Å². The molecule has 0 spiro atoms. The van der Waals surface area contributed by atoms with Gasteiger partial charge < -0.3 is 15.4 Å². The number of esters is 1. The van der Waals surface area contributed by atoms with Crippen LogP contribution in [0.15, 0.2) is 12.2 Å². The van der Waals surface area contributed by atoms with Gasteiger partial charge in [-0.3, -0.25) is 14.4 Å². The fourth-order valence-corrected chi connectivity index (χ4v) is 3.32. The Hall–Kier alpha value is -1.70. The van der Waals surface area contributed by atoms with E-state index in [1.54, 1.807) is 0 Å². The SMILES string of the molecule is C=C(CBr)C(=O)OC(C)(C)CCCCC(=O)N[C@H](C(=O)N[C@@H](CCCC)C(C)=O)C(C)C. The maximum absolute atomic E-state index is 12.7. The predicted molar refractivity (Wildman–Crippen MR) is 130 cm³/mol. The van der Waals surface area contributed by atoms with Crippen LogP contribution in [0.3, 0.4) is 0 Å². The summed E-state index contributed by atoms with van der Waals surface area (Å²) >= 11 is 3.18. The molecule has 0 bridgehead atoms. The van der Waals surface area contributed by atoms with E-state index >= 15 is 0 Å². The molecular formula is C24H41BrN2O5. The van der Waals surface area contributed by atoms with Gasteiger partial charge in [0.25, 0.3) is 0 Å². The second kappa shape index (κ2) is 15.2. The molecule has 0 radical (unpaired) electrons. The predicted octanol–water partition coefficient (Wildman–Crippen LogP) is 4.22. The third kappa shape index (κ3) is 12.4. The van der Waals surface area contributed by atoms with Crippen molar-refractivity contribution in [3.05, 3.63) is 12.2 Å². The molecular weight excluding hydrogens is 476 g/mol. The molecule has 2 atom stereocenters. The number of unbranched alkanes of at least 4 members (excludes halogenated alkanes) is 2. The van der Waals surface area contributed by atoms with Crippen LogP contribution in [0.5, 0.6) is 0 Å². The van der Waals surface area contributed by atoms with E-state index in [1.165, 1.54) is 6.92 Å². The Labute approximate surface area is 201 Å². The highest BCUT2D eigenvalue weighted by atomic mass is 79.9. The fraction of sp³-hybridized carbons (Fsp3) is 0.750. The lowest BCUT2D eigenvalue weighted by molar-refractivity contribution is -0.152. The molecule has 0 fully saturated rings. The molecule has 0 saturated heterocycles. The zero-order valence-electron chi connectivity index (χ0n) is 20.5. The van der Waals surface area contributed by atoms with Gasteiger partial charge in [-0.2, -0.15) is 0 Å². The highest BCUT2D eigenvalue weighted by Crippen LogP contribution is 2.20. The van der Waals surface area contributed by atoms with Gasteiger partial charge in [0.05, 0.1) is 6.04 Å². The van der Waals surface area contributed by atoms with Crippen LogP contribution in [0.25, 0.3) is 0 Å². The molecule has 0 aliphatic heterocycles. The van der Waals surface area contributed by atoms with Gasteiger partial charge in [0.2, 0.25) is 11.8 Å². The lowest BCUT2D eigenvalue weighted by Gasteiger charge is -2.26. The number of nitrogens with one attached hydrogen (secondary N) is 2. The first-order chi connectivity index (χ1) is 14.8. The van der Waals surface area contributed by atoms with E-state index in [0.29, 0.717) is 36.6 Å².